The second-order valence-corrected chi connectivity index (χ2v) is 5.76. The van der Waals surface area contributed by atoms with Gasteiger partial charge in [-0.2, -0.15) is 0 Å². The lowest BCUT2D eigenvalue weighted by atomic mass is 10.2. The van der Waals surface area contributed by atoms with Gasteiger partial charge in [0, 0.05) is 32.2 Å². The number of nitrogens with one attached hydrogen (secondary N) is 1. The molecule has 3 rings (SSSR count). The number of nitrogens with zero attached hydrogens (tertiary/aromatic N) is 3. The first kappa shape index (κ1) is 16.3. The molecule has 21 heavy (non-hydrogen) atoms. The maximum absolute atomic E-state index is 4.85. The smallest absolute Gasteiger partial charge is 0.124 e. The normalized spacial score (nSPS) is 19.6. The summed E-state index contributed by atoms with van der Waals surface area (Å²) in [6, 6.07) is 9.05. The Kier molecular flexibility index (Phi) is 5.62. The van der Waals surface area contributed by atoms with Gasteiger partial charge in [-0.05, 0) is 25.5 Å². The molecule has 0 unspecified atom stereocenters. The molecule has 0 saturated carbocycles. The highest BCUT2D eigenvalue weighted by Crippen LogP contribution is 2.18. The molecule has 0 amide bonds. The van der Waals surface area contributed by atoms with E-state index in [1.54, 1.807) is 0 Å². The molecule has 1 fully saturated rings. The third-order valence-corrected chi connectivity index (χ3v) is 4.00. The Balaban J connectivity index is 0.00000161. The van der Waals surface area contributed by atoms with E-state index in [1.807, 2.05) is 0 Å². The van der Waals surface area contributed by atoms with Gasteiger partial charge in [-0.25, -0.2) is 4.98 Å². The molecule has 1 atom stereocenters. The summed E-state index contributed by atoms with van der Waals surface area (Å²) < 4.78 is 2.39. The molecule has 1 aliphatic rings. The SMILES string of the molecule is CCCn1c(CN2CCN[C@@H](C)C2)nc2ccccc21.Cl. The van der Waals surface area contributed by atoms with Crippen LogP contribution >= 0.6 is 12.4 Å². The number of hydrogen-bond donors (Lipinski definition) is 1. The van der Waals surface area contributed by atoms with Crippen molar-refractivity contribution in [1.82, 2.24) is 19.8 Å². The van der Waals surface area contributed by atoms with Crippen molar-refractivity contribution in [3.05, 3.63) is 30.1 Å². The van der Waals surface area contributed by atoms with Crippen LogP contribution in [-0.2, 0) is 13.1 Å². The molecule has 0 radical (unpaired) electrons. The van der Waals surface area contributed by atoms with Crippen LogP contribution in [-0.4, -0.2) is 40.1 Å². The summed E-state index contributed by atoms with van der Waals surface area (Å²) in [5.74, 6) is 1.21. The molecule has 1 aromatic carbocycles. The number of piperazine rings is 1. The molecule has 0 bridgehead atoms. The van der Waals surface area contributed by atoms with Gasteiger partial charge in [-0.15, -0.1) is 12.4 Å². The van der Waals surface area contributed by atoms with Crippen LogP contribution in [0.15, 0.2) is 24.3 Å². The van der Waals surface area contributed by atoms with E-state index in [9.17, 15) is 0 Å². The Bertz CT molecular complexity index is 581. The first-order chi connectivity index (χ1) is 9.78. The summed E-state index contributed by atoms with van der Waals surface area (Å²) in [5.41, 5.74) is 2.40. The van der Waals surface area contributed by atoms with Crippen molar-refractivity contribution in [3.8, 4) is 0 Å². The van der Waals surface area contributed by atoms with Crippen LogP contribution in [0.25, 0.3) is 11.0 Å². The second kappa shape index (κ2) is 7.25. The summed E-state index contributed by atoms with van der Waals surface area (Å²) in [6.45, 7) is 9.79. The highest BCUT2D eigenvalue weighted by atomic mass is 35.5. The predicted molar refractivity (Wildman–Crippen MR) is 90.0 cm³/mol. The van der Waals surface area contributed by atoms with Gasteiger partial charge < -0.3 is 9.88 Å². The zero-order valence-corrected chi connectivity index (χ0v) is 13.7. The molecule has 4 nitrogen and oxygen atoms in total. The maximum Gasteiger partial charge on any atom is 0.124 e. The van der Waals surface area contributed by atoms with E-state index in [1.165, 1.54) is 11.3 Å². The Morgan fingerprint density at radius 1 is 1.33 bits per heavy atom. The molecular formula is C16H25ClN4. The van der Waals surface area contributed by atoms with Crippen molar-refractivity contribution in [2.24, 2.45) is 0 Å². The summed E-state index contributed by atoms with van der Waals surface area (Å²) >= 11 is 0. The minimum atomic E-state index is 0. The maximum atomic E-state index is 4.85. The van der Waals surface area contributed by atoms with E-state index in [0.717, 1.165) is 44.7 Å². The molecule has 116 valence electrons. The third kappa shape index (κ3) is 3.57. The summed E-state index contributed by atoms with van der Waals surface area (Å²) in [5, 5.41) is 3.50. The van der Waals surface area contributed by atoms with E-state index in [0.29, 0.717) is 6.04 Å². The van der Waals surface area contributed by atoms with Gasteiger partial charge >= 0.3 is 0 Å². The van der Waals surface area contributed by atoms with E-state index in [-0.39, 0.29) is 12.4 Å². The van der Waals surface area contributed by atoms with Crippen LogP contribution in [0, 0.1) is 0 Å². The summed E-state index contributed by atoms with van der Waals surface area (Å²) in [6.07, 6.45) is 1.14. The Morgan fingerprint density at radius 3 is 2.90 bits per heavy atom. The van der Waals surface area contributed by atoms with E-state index in [2.05, 4.69) is 52.9 Å². The van der Waals surface area contributed by atoms with E-state index < -0.39 is 0 Å². The monoisotopic (exact) mass is 308 g/mol. The van der Waals surface area contributed by atoms with Crippen LogP contribution < -0.4 is 5.32 Å². The predicted octanol–water partition coefficient (Wildman–Crippen LogP) is 2.66. The number of benzene rings is 1. The Hall–Kier alpha value is -1.10. The van der Waals surface area contributed by atoms with Crippen molar-refractivity contribution < 1.29 is 0 Å². The first-order valence-corrected chi connectivity index (χ1v) is 7.68. The fourth-order valence-corrected chi connectivity index (χ4v) is 3.08. The van der Waals surface area contributed by atoms with Gasteiger partial charge in [-0.1, -0.05) is 19.1 Å². The van der Waals surface area contributed by atoms with Crippen molar-refractivity contribution in [2.75, 3.05) is 19.6 Å². The molecule has 0 aliphatic carbocycles. The van der Waals surface area contributed by atoms with Crippen molar-refractivity contribution in [2.45, 2.75) is 39.4 Å². The molecule has 0 spiro atoms. The molecule has 1 aromatic heterocycles. The molecule has 1 saturated heterocycles. The zero-order chi connectivity index (χ0) is 13.9. The fourth-order valence-electron chi connectivity index (χ4n) is 3.08. The van der Waals surface area contributed by atoms with Crippen molar-refractivity contribution in [3.63, 3.8) is 0 Å². The fraction of sp³-hybridized carbons (Fsp3) is 0.562. The Morgan fingerprint density at radius 2 is 2.14 bits per heavy atom. The Labute approximate surface area is 132 Å². The number of halogens is 1. The number of rotatable bonds is 4. The lowest BCUT2D eigenvalue weighted by Crippen LogP contribution is -2.48. The minimum Gasteiger partial charge on any atom is -0.327 e. The third-order valence-electron chi connectivity index (χ3n) is 4.00. The zero-order valence-electron chi connectivity index (χ0n) is 12.9. The lowest BCUT2D eigenvalue weighted by molar-refractivity contribution is 0.193. The number of hydrogen-bond acceptors (Lipinski definition) is 3. The lowest BCUT2D eigenvalue weighted by Gasteiger charge is -2.31. The summed E-state index contributed by atoms with van der Waals surface area (Å²) in [4.78, 5) is 7.36. The number of imidazole rings is 1. The van der Waals surface area contributed by atoms with Crippen molar-refractivity contribution >= 4 is 23.4 Å². The van der Waals surface area contributed by atoms with Crippen molar-refractivity contribution in [1.29, 1.82) is 0 Å². The topological polar surface area (TPSA) is 33.1 Å². The average Bonchev–Trinajstić information content (AvgIpc) is 2.77. The van der Waals surface area contributed by atoms with Gasteiger partial charge in [0.1, 0.15) is 5.82 Å². The van der Waals surface area contributed by atoms with E-state index >= 15 is 0 Å². The van der Waals surface area contributed by atoms with Crippen LogP contribution in [0.1, 0.15) is 26.1 Å². The van der Waals surface area contributed by atoms with Crippen LogP contribution in [0.5, 0.6) is 0 Å². The average molecular weight is 309 g/mol. The molecule has 1 N–H and O–H groups in total. The van der Waals surface area contributed by atoms with Gasteiger partial charge in [0.05, 0.1) is 17.6 Å². The van der Waals surface area contributed by atoms with E-state index in [4.69, 9.17) is 4.98 Å². The molecular weight excluding hydrogens is 284 g/mol. The highest BCUT2D eigenvalue weighted by molar-refractivity contribution is 5.85. The van der Waals surface area contributed by atoms with Gasteiger partial charge in [0.15, 0.2) is 0 Å². The molecule has 2 aromatic rings. The van der Waals surface area contributed by atoms with Crippen LogP contribution in [0.3, 0.4) is 0 Å². The second-order valence-electron chi connectivity index (χ2n) is 5.76. The molecule has 2 heterocycles. The molecule has 1 aliphatic heterocycles. The quantitative estimate of drug-likeness (QED) is 0.942. The van der Waals surface area contributed by atoms with Gasteiger partial charge in [0.2, 0.25) is 0 Å². The highest BCUT2D eigenvalue weighted by Gasteiger charge is 2.18. The first-order valence-electron chi connectivity index (χ1n) is 7.68. The number of para-hydroxylation sites is 2. The molecule has 5 heteroatoms. The van der Waals surface area contributed by atoms with Crippen LogP contribution in [0.4, 0.5) is 0 Å². The number of aryl methyl sites for hydroxylation is 1. The standard InChI is InChI=1S/C16H24N4.ClH/c1-3-9-20-15-7-5-4-6-14(15)18-16(20)12-19-10-8-17-13(2)11-19;/h4-7,13,17H,3,8-12H2,1-2H3;1H/t13-;/m0./s1. The minimum absolute atomic E-state index is 0. The summed E-state index contributed by atoms with van der Waals surface area (Å²) in [7, 11) is 0. The van der Waals surface area contributed by atoms with Crippen LogP contribution in [0.2, 0.25) is 0 Å². The number of aromatic nitrogens is 2. The number of fused-ring (bicyclic) bond motifs is 1. The van der Waals surface area contributed by atoms with Gasteiger partial charge in [-0.3, -0.25) is 4.90 Å². The van der Waals surface area contributed by atoms with Gasteiger partial charge in [0.25, 0.3) is 0 Å². The largest absolute Gasteiger partial charge is 0.327 e.